The number of para-hydroxylation sites is 1. The molecule has 0 aliphatic carbocycles. The fourth-order valence-corrected chi connectivity index (χ4v) is 2.64. The molecule has 1 amide bonds. The molecule has 0 aliphatic rings. The Morgan fingerprint density at radius 2 is 1.50 bits per heavy atom. The first kappa shape index (κ1) is 17.6. The third-order valence-corrected chi connectivity index (χ3v) is 3.84. The van der Waals surface area contributed by atoms with Crippen LogP contribution in [0.15, 0.2) is 72.8 Å². The lowest BCUT2D eigenvalue weighted by atomic mass is 10.0. The van der Waals surface area contributed by atoms with Crippen LogP contribution in [0.1, 0.15) is 11.1 Å². The second-order valence-electron chi connectivity index (χ2n) is 5.88. The third kappa shape index (κ3) is 4.89. The predicted molar refractivity (Wildman–Crippen MR) is 99.2 cm³/mol. The molecule has 0 spiro atoms. The molecule has 0 unspecified atom stereocenters. The van der Waals surface area contributed by atoms with Gasteiger partial charge in [0, 0.05) is 17.4 Å². The predicted octanol–water partition coefficient (Wildman–Crippen LogP) is 4.61. The number of nitrogens with one attached hydrogen (secondary N) is 2. The highest BCUT2D eigenvalue weighted by Crippen LogP contribution is 2.19. The zero-order chi connectivity index (χ0) is 18.4. The lowest BCUT2D eigenvalue weighted by Gasteiger charge is -2.12. The summed E-state index contributed by atoms with van der Waals surface area (Å²) in [5.41, 5.74) is 3.07. The Balaban J connectivity index is 1.64. The van der Waals surface area contributed by atoms with E-state index in [0.717, 1.165) is 29.3 Å². The number of halogens is 2. The molecule has 0 fully saturated rings. The Kier molecular flexibility index (Phi) is 5.59. The summed E-state index contributed by atoms with van der Waals surface area (Å²) in [6, 6.07) is 20.6. The first-order valence-electron chi connectivity index (χ1n) is 8.22. The van der Waals surface area contributed by atoms with Crippen LogP contribution in [0.4, 0.5) is 20.2 Å². The fourth-order valence-electron chi connectivity index (χ4n) is 2.64. The van der Waals surface area contributed by atoms with Crippen LogP contribution in [0.25, 0.3) is 0 Å². The van der Waals surface area contributed by atoms with Gasteiger partial charge in [-0.2, -0.15) is 0 Å². The van der Waals surface area contributed by atoms with Crippen molar-refractivity contribution in [3.63, 3.8) is 0 Å². The number of hydrogen-bond donors (Lipinski definition) is 2. The maximum absolute atomic E-state index is 13.2. The highest BCUT2D eigenvalue weighted by molar-refractivity contribution is 5.94. The number of anilines is 2. The molecule has 5 heteroatoms. The van der Waals surface area contributed by atoms with E-state index in [4.69, 9.17) is 0 Å². The number of carbonyl (C=O) groups excluding carboxylic acids is 1. The van der Waals surface area contributed by atoms with Crippen LogP contribution in [-0.4, -0.2) is 12.5 Å². The van der Waals surface area contributed by atoms with Gasteiger partial charge in [-0.25, -0.2) is 8.78 Å². The second kappa shape index (κ2) is 8.25. The van der Waals surface area contributed by atoms with Crippen LogP contribution in [0.3, 0.4) is 0 Å². The first-order valence-corrected chi connectivity index (χ1v) is 8.22. The van der Waals surface area contributed by atoms with Crippen LogP contribution < -0.4 is 10.6 Å². The maximum atomic E-state index is 13.2. The molecule has 0 aliphatic heterocycles. The Morgan fingerprint density at radius 3 is 2.23 bits per heavy atom. The molecule has 0 heterocycles. The molecular formula is C21H18F2N2O. The van der Waals surface area contributed by atoms with E-state index >= 15 is 0 Å². The molecule has 3 aromatic carbocycles. The Labute approximate surface area is 150 Å². The van der Waals surface area contributed by atoms with E-state index in [1.165, 1.54) is 0 Å². The van der Waals surface area contributed by atoms with Gasteiger partial charge in [0.05, 0.1) is 6.54 Å². The van der Waals surface area contributed by atoms with Crippen molar-refractivity contribution in [2.24, 2.45) is 0 Å². The zero-order valence-electron chi connectivity index (χ0n) is 14.0. The molecule has 2 N–H and O–H groups in total. The van der Waals surface area contributed by atoms with Crippen molar-refractivity contribution in [1.82, 2.24) is 0 Å². The summed E-state index contributed by atoms with van der Waals surface area (Å²) in [7, 11) is 0. The van der Waals surface area contributed by atoms with Crippen molar-refractivity contribution in [1.29, 1.82) is 0 Å². The van der Waals surface area contributed by atoms with Gasteiger partial charge in [-0.05, 0) is 35.7 Å². The van der Waals surface area contributed by atoms with Gasteiger partial charge < -0.3 is 10.6 Å². The molecule has 0 aromatic heterocycles. The summed E-state index contributed by atoms with van der Waals surface area (Å²) < 4.78 is 26.4. The van der Waals surface area contributed by atoms with Crippen molar-refractivity contribution in [2.75, 3.05) is 17.2 Å². The van der Waals surface area contributed by atoms with Gasteiger partial charge in [0.2, 0.25) is 5.91 Å². The Hall–Kier alpha value is -3.21. The summed E-state index contributed by atoms with van der Waals surface area (Å²) in [6.07, 6.45) is 0.694. The third-order valence-electron chi connectivity index (χ3n) is 3.84. The molecule has 0 radical (unpaired) electrons. The second-order valence-corrected chi connectivity index (χ2v) is 5.88. The maximum Gasteiger partial charge on any atom is 0.243 e. The van der Waals surface area contributed by atoms with E-state index in [2.05, 4.69) is 10.6 Å². The molecule has 3 nitrogen and oxygen atoms in total. The largest absolute Gasteiger partial charge is 0.376 e. The number of rotatable bonds is 6. The summed E-state index contributed by atoms with van der Waals surface area (Å²) >= 11 is 0. The number of hydrogen-bond acceptors (Lipinski definition) is 2. The van der Waals surface area contributed by atoms with Crippen molar-refractivity contribution in [3.05, 3.63) is 95.6 Å². The molecule has 132 valence electrons. The van der Waals surface area contributed by atoms with Gasteiger partial charge in [-0.15, -0.1) is 0 Å². The van der Waals surface area contributed by atoms with Gasteiger partial charge in [0.1, 0.15) is 11.6 Å². The zero-order valence-corrected chi connectivity index (χ0v) is 14.0. The van der Waals surface area contributed by atoms with Gasteiger partial charge in [-0.1, -0.05) is 48.5 Å². The summed E-state index contributed by atoms with van der Waals surface area (Å²) in [5.74, 6) is -1.68. The highest BCUT2D eigenvalue weighted by atomic mass is 19.1. The minimum absolute atomic E-state index is 0.0947. The minimum Gasteiger partial charge on any atom is -0.376 e. The van der Waals surface area contributed by atoms with Crippen molar-refractivity contribution in [3.8, 4) is 0 Å². The lowest BCUT2D eigenvalue weighted by molar-refractivity contribution is -0.114. The number of amides is 1. The van der Waals surface area contributed by atoms with E-state index < -0.39 is 11.6 Å². The SMILES string of the molecule is O=C(CNc1cc(F)cc(F)c1)Nc1ccccc1Cc1ccccc1. The molecule has 3 rings (SSSR count). The first-order chi connectivity index (χ1) is 12.6. The van der Waals surface area contributed by atoms with Crippen molar-refractivity contribution >= 4 is 17.3 Å². The minimum atomic E-state index is -0.693. The van der Waals surface area contributed by atoms with Gasteiger partial charge in [0.25, 0.3) is 0 Å². The summed E-state index contributed by atoms with van der Waals surface area (Å²) in [6.45, 7) is -0.0947. The molecule has 26 heavy (non-hydrogen) atoms. The summed E-state index contributed by atoms with van der Waals surface area (Å²) in [5, 5.41) is 5.56. The normalized spacial score (nSPS) is 10.4. The van der Waals surface area contributed by atoms with Gasteiger partial charge in [0.15, 0.2) is 0 Å². The van der Waals surface area contributed by atoms with Gasteiger partial charge >= 0.3 is 0 Å². The topological polar surface area (TPSA) is 41.1 Å². The van der Waals surface area contributed by atoms with E-state index in [9.17, 15) is 13.6 Å². The fraction of sp³-hybridized carbons (Fsp3) is 0.0952. The molecule has 0 saturated heterocycles. The smallest absolute Gasteiger partial charge is 0.243 e. The standard InChI is InChI=1S/C21H18F2N2O/c22-17-11-18(23)13-19(12-17)24-14-21(26)25-20-9-5-4-8-16(20)10-15-6-2-1-3-7-15/h1-9,11-13,24H,10,14H2,(H,25,26). The summed E-state index contributed by atoms with van der Waals surface area (Å²) in [4.78, 5) is 12.2. The van der Waals surface area contributed by atoms with Crippen LogP contribution >= 0.6 is 0 Å². The van der Waals surface area contributed by atoms with E-state index in [0.29, 0.717) is 12.1 Å². The molecule has 0 atom stereocenters. The van der Waals surface area contributed by atoms with Crippen LogP contribution in [0.2, 0.25) is 0 Å². The van der Waals surface area contributed by atoms with Gasteiger partial charge in [-0.3, -0.25) is 4.79 Å². The lowest BCUT2D eigenvalue weighted by Crippen LogP contribution is -2.22. The quantitative estimate of drug-likeness (QED) is 0.680. The monoisotopic (exact) mass is 352 g/mol. The average molecular weight is 352 g/mol. The van der Waals surface area contributed by atoms with E-state index in [1.807, 2.05) is 54.6 Å². The van der Waals surface area contributed by atoms with Crippen molar-refractivity contribution < 1.29 is 13.6 Å². The number of carbonyl (C=O) groups is 1. The van der Waals surface area contributed by atoms with E-state index in [1.54, 1.807) is 0 Å². The van der Waals surface area contributed by atoms with E-state index in [-0.39, 0.29) is 18.1 Å². The highest BCUT2D eigenvalue weighted by Gasteiger charge is 2.08. The van der Waals surface area contributed by atoms with Crippen LogP contribution in [0, 0.1) is 11.6 Å². The molecular weight excluding hydrogens is 334 g/mol. The van der Waals surface area contributed by atoms with Crippen molar-refractivity contribution in [2.45, 2.75) is 6.42 Å². The average Bonchev–Trinajstić information content (AvgIpc) is 2.62. The molecule has 0 saturated carbocycles. The Morgan fingerprint density at radius 1 is 0.846 bits per heavy atom. The Bertz CT molecular complexity index is 877. The molecule has 3 aromatic rings. The molecule has 0 bridgehead atoms. The van der Waals surface area contributed by atoms with Crippen LogP contribution in [-0.2, 0) is 11.2 Å². The van der Waals surface area contributed by atoms with Crippen LogP contribution in [0.5, 0.6) is 0 Å². The number of benzene rings is 3.